The highest BCUT2D eigenvalue weighted by molar-refractivity contribution is 5.70. The molecule has 0 amide bonds. The summed E-state index contributed by atoms with van der Waals surface area (Å²) in [5.74, 6) is -0.981. The van der Waals surface area contributed by atoms with E-state index in [0.29, 0.717) is 25.1 Å². The second kappa shape index (κ2) is 4.98. The van der Waals surface area contributed by atoms with Crippen molar-refractivity contribution in [3.63, 3.8) is 0 Å². The molecule has 0 radical (unpaired) electrons. The van der Waals surface area contributed by atoms with E-state index in [1.54, 1.807) is 6.07 Å². The van der Waals surface area contributed by atoms with Crippen LogP contribution >= 0.6 is 0 Å². The van der Waals surface area contributed by atoms with E-state index in [-0.39, 0.29) is 5.92 Å². The lowest BCUT2D eigenvalue weighted by molar-refractivity contribution is -0.141. The summed E-state index contributed by atoms with van der Waals surface area (Å²) in [6.45, 7) is 2.03. The summed E-state index contributed by atoms with van der Waals surface area (Å²) in [5.41, 5.74) is 1.65. The average Bonchev–Trinajstić information content (AvgIpc) is 2.78. The number of hydrogen-bond donors (Lipinski definition) is 1. The molecular weight excluding hydrogens is 216 g/mol. The van der Waals surface area contributed by atoms with Gasteiger partial charge in [0.15, 0.2) is 0 Å². The van der Waals surface area contributed by atoms with Gasteiger partial charge >= 0.3 is 5.97 Å². The Bertz CT molecular complexity index is 465. The quantitative estimate of drug-likeness (QED) is 0.853. The summed E-state index contributed by atoms with van der Waals surface area (Å²) in [7, 11) is 0. The van der Waals surface area contributed by atoms with Gasteiger partial charge in [-0.2, -0.15) is 5.26 Å². The summed E-state index contributed by atoms with van der Waals surface area (Å²) in [6, 6.07) is 9.62. The third kappa shape index (κ3) is 2.63. The lowest BCUT2D eigenvalue weighted by Crippen LogP contribution is -2.23. The van der Waals surface area contributed by atoms with Crippen LogP contribution in [0.4, 0.5) is 0 Å². The highest BCUT2D eigenvalue weighted by atomic mass is 16.4. The first-order valence-electron chi connectivity index (χ1n) is 5.64. The zero-order chi connectivity index (χ0) is 12.3. The Labute approximate surface area is 100 Å². The van der Waals surface area contributed by atoms with Crippen LogP contribution in [0.2, 0.25) is 0 Å². The molecule has 2 rings (SSSR count). The number of aliphatic carboxylic acids is 1. The van der Waals surface area contributed by atoms with Crippen molar-refractivity contribution in [2.45, 2.75) is 13.0 Å². The maximum absolute atomic E-state index is 10.8. The fraction of sp³-hybridized carbons (Fsp3) is 0.385. The Hall–Kier alpha value is -1.86. The van der Waals surface area contributed by atoms with Gasteiger partial charge in [-0.1, -0.05) is 18.2 Å². The monoisotopic (exact) mass is 230 g/mol. The predicted octanol–water partition coefficient (Wildman–Crippen LogP) is 1.46. The Morgan fingerprint density at radius 1 is 1.53 bits per heavy atom. The number of benzene rings is 1. The molecule has 0 saturated carbocycles. The molecule has 1 aliphatic rings. The number of nitriles is 1. The van der Waals surface area contributed by atoms with Gasteiger partial charge in [-0.25, -0.2) is 0 Å². The highest BCUT2D eigenvalue weighted by Crippen LogP contribution is 2.20. The first kappa shape index (κ1) is 11.6. The summed E-state index contributed by atoms with van der Waals surface area (Å²) < 4.78 is 0. The lowest BCUT2D eigenvalue weighted by atomic mass is 10.1. The zero-order valence-electron chi connectivity index (χ0n) is 9.47. The molecule has 0 aliphatic carbocycles. The van der Waals surface area contributed by atoms with Gasteiger partial charge < -0.3 is 5.11 Å². The summed E-state index contributed by atoms with van der Waals surface area (Å²) in [4.78, 5) is 12.9. The van der Waals surface area contributed by atoms with E-state index in [1.807, 2.05) is 18.2 Å². The molecule has 0 aromatic heterocycles. The topological polar surface area (TPSA) is 64.3 Å². The molecule has 1 aromatic carbocycles. The van der Waals surface area contributed by atoms with E-state index in [1.165, 1.54) is 0 Å². The summed E-state index contributed by atoms with van der Waals surface area (Å²) >= 11 is 0. The molecule has 88 valence electrons. The minimum Gasteiger partial charge on any atom is -0.481 e. The fourth-order valence-electron chi connectivity index (χ4n) is 2.19. The molecule has 1 heterocycles. The van der Waals surface area contributed by atoms with Crippen LogP contribution in [0.5, 0.6) is 0 Å². The van der Waals surface area contributed by atoms with Gasteiger partial charge in [-0.15, -0.1) is 0 Å². The van der Waals surface area contributed by atoms with Crippen LogP contribution in [0.15, 0.2) is 24.3 Å². The number of carbonyl (C=O) groups is 1. The third-order valence-electron chi connectivity index (χ3n) is 3.15. The highest BCUT2D eigenvalue weighted by Gasteiger charge is 2.27. The van der Waals surface area contributed by atoms with Crippen LogP contribution in [0.25, 0.3) is 0 Å². The van der Waals surface area contributed by atoms with Crippen LogP contribution in [-0.2, 0) is 11.3 Å². The van der Waals surface area contributed by atoms with Crippen molar-refractivity contribution in [3.05, 3.63) is 35.4 Å². The van der Waals surface area contributed by atoms with E-state index in [4.69, 9.17) is 10.4 Å². The number of likely N-dealkylation sites (tertiary alicyclic amines) is 1. The van der Waals surface area contributed by atoms with E-state index in [2.05, 4.69) is 11.0 Å². The maximum Gasteiger partial charge on any atom is 0.307 e. The molecule has 17 heavy (non-hydrogen) atoms. The standard InChI is InChI=1S/C13H14N2O2/c14-7-10-3-1-2-4-11(10)8-15-6-5-12(9-15)13(16)17/h1-4,12H,5-6,8-9H2,(H,16,17)/t12-/m1/s1. The largest absolute Gasteiger partial charge is 0.481 e. The predicted molar refractivity (Wildman–Crippen MR) is 62.2 cm³/mol. The van der Waals surface area contributed by atoms with Crippen molar-refractivity contribution in [3.8, 4) is 6.07 Å². The van der Waals surface area contributed by atoms with Gasteiger partial charge in [0, 0.05) is 13.1 Å². The number of rotatable bonds is 3. The van der Waals surface area contributed by atoms with E-state index in [9.17, 15) is 4.79 Å². The zero-order valence-corrected chi connectivity index (χ0v) is 9.47. The van der Waals surface area contributed by atoms with Crippen molar-refractivity contribution < 1.29 is 9.90 Å². The van der Waals surface area contributed by atoms with E-state index < -0.39 is 5.97 Å². The molecule has 4 heteroatoms. The van der Waals surface area contributed by atoms with E-state index in [0.717, 1.165) is 12.1 Å². The molecule has 1 saturated heterocycles. The molecule has 1 aliphatic heterocycles. The third-order valence-corrected chi connectivity index (χ3v) is 3.15. The number of nitrogens with zero attached hydrogens (tertiary/aromatic N) is 2. The van der Waals surface area contributed by atoms with Crippen LogP contribution in [0.1, 0.15) is 17.5 Å². The molecule has 1 atom stereocenters. The van der Waals surface area contributed by atoms with Crippen molar-refractivity contribution >= 4 is 5.97 Å². The Balaban J connectivity index is 2.03. The van der Waals surface area contributed by atoms with Crippen molar-refractivity contribution in [1.29, 1.82) is 5.26 Å². The van der Waals surface area contributed by atoms with Gasteiger partial charge in [0.2, 0.25) is 0 Å². The van der Waals surface area contributed by atoms with Gasteiger partial charge in [0.1, 0.15) is 0 Å². The van der Waals surface area contributed by atoms with Crippen molar-refractivity contribution in [2.75, 3.05) is 13.1 Å². The first-order valence-corrected chi connectivity index (χ1v) is 5.64. The van der Waals surface area contributed by atoms with Gasteiger partial charge in [0.05, 0.1) is 17.6 Å². The minimum atomic E-state index is -0.721. The molecular formula is C13H14N2O2. The molecule has 0 unspecified atom stereocenters. The SMILES string of the molecule is N#Cc1ccccc1CN1CC[C@@H](C(=O)O)C1. The molecule has 1 aromatic rings. The molecule has 0 bridgehead atoms. The Morgan fingerprint density at radius 2 is 2.29 bits per heavy atom. The van der Waals surface area contributed by atoms with Crippen LogP contribution < -0.4 is 0 Å². The van der Waals surface area contributed by atoms with Crippen LogP contribution in [0, 0.1) is 17.2 Å². The first-order chi connectivity index (χ1) is 8.20. The van der Waals surface area contributed by atoms with E-state index >= 15 is 0 Å². The minimum absolute atomic E-state index is 0.260. The number of carboxylic acids is 1. The van der Waals surface area contributed by atoms with Crippen molar-refractivity contribution in [1.82, 2.24) is 4.90 Å². The Morgan fingerprint density at radius 3 is 2.94 bits per heavy atom. The van der Waals surface area contributed by atoms with Gasteiger partial charge in [-0.3, -0.25) is 9.69 Å². The van der Waals surface area contributed by atoms with Crippen LogP contribution in [0.3, 0.4) is 0 Å². The normalized spacial score (nSPS) is 20.1. The number of hydrogen-bond acceptors (Lipinski definition) is 3. The average molecular weight is 230 g/mol. The fourth-order valence-corrected chi connectivity index (χ4v) is 2.19. The maximum atomic E-state index is 10.8. The molecule has 0 spiro atoms. The molecule has 4 nitrogen and oxygen atoms in total. The second-order valence-corrected chi connectivity index (χ2v) is 4.33. The smallest absolute Gasteiger partial charge is 0.307 e. The van der Waals surface area contributed by atoms with Crippen LogP contribution in [-0.4, -0.2) is 29.1 Å². The van der Waals surface area contributed by atoms with Crippen molar-refractivity contribution in [2.24, 2.45) is 5.92 Å². The molecule has 1 N–H and O–H groups in total. The van der Waals surface area contributed by atoms with Gasteiger partial charge in [-0.05, 0) is 24.6 Å². The van der Waals surface area contributed by atoms with Gasteiger partial charge in [0.25, 0.3) is 0 Å². The lowest BCUT2D eigenvalue weighted by Gasteiger charge is -2.15. The molecule has 1 fully saturated rings. The summed E-state index contributed by atoms with van der Waals surface area (Å²) in [5, 5.41) is 17.9. The number of carboxylic acid groups (broad SMARTS) is 1. The summed E-state index contributed by atoms with van der Waals surface area (Å²) in [6.07, 6.45) is 0.698. The second-order valence-electron chi connectivity index (χ2n) is 4.33. The Kier molecular flexibility index (Phi) is 3.40.